The van der Waals surface area contributed by atoms with Crippen molar-refractivity contribution in [1.82, 2.24) is 10.2 Å². The van der Waals surface area contributed by atoms with E-state index in [-0.39, 0.29) is 5.54 Å². The summed E-state index contributed by atoms with van der Waals surface area (Å²) in [4.78, 5) is 2.66. The first-order chi connectivity index (χ1) is 8.35. The summed E-state index contributed by atoms with van der Waals surface area (Å²) in [5, 5.41) is 3.67. The molecule has 0 saturated heterocycles. The molecule has 3 atom stereocenters. The Morgan fingerprint density at radius 3 is 2.33 bits per heavy atom. The largest absolute Gasteiger partial charge is 0.311 e. The molecule has 0 radical (unpaired) electrons. The molecule has 2 nitrogen and oxygen atoms in total. The van der Waals surface area contributed by atoms with Crippen molar-refractivity contribution < 1.29 is 0 Å². The number of hydrogen-bond acceptors (Lipinski definition) is 2. The topological polar surface area (TPSA) is 15.3 Å². The van der Waals surface area contributed by atoms with E-state index in [1.165, 1.54) is 32.1 Å². The number of nitrogens with one attached hydrogen (secondary N) is 1. The van der Waals surface area contributed by atoms with Gasteiger partial charge in [0.05, 0.1) is 0 Å². The van der Waals surface area contributed by atoms with Gasteiger partial charge < -0.3 is 5.32 Å². The second-order valence-electron chi connectivity index (χ2n) is 7.19. The molecular weight excluding hydrogens is 220 g/mol. The van der Waals surface area contributed by atoms with Gasteiger partial charge in [0.2, 0.25) is 0 Å². The van der Waals surface area contributed by atoms with Gasteiger partial charge in [0, 0.05) is 24.2 Å². The van der Waals surface area contributed by atoms with Crippen molar-refractivity contribution >= 4 is 0 Å². The maximum Gasteiger partial charge on any atom is 0.0218 e. The highest BCUT2D eigenvalue weighted by Crippen LogP contribution is 2.28. The minimum atomic E-state index is 0.229. The molecule has 0 heterocycles. The zero-order valence-corrected chi connectivity index (χ0v) is 13.4. The average Bonchev–Trinajstić information content (AvgIpc) is 2.28. The van der Waals surface area contributed by atoms with E-state index >= 15 is 0 Å². The molecule has 0 aromatic carbocycles. The van der Waals surface area contributed by atoms with Crippen LogP contribution in [0.25, 0.3) is 0 Å². The maximum atomic E-state index is 3.67. The molecule has 1 N–H and O–H groups in total. The first-order valence-electron chi connectivity index (χ1n) is 7.82. The van der Waals surface area contributed by atoms with Crippen LogP contribution in [0.4, 0.5) is 0 Å². The van der Waals surface area contributed by atoms with Crippen LogP contribution in [0.15, 0.2) is 0 Å². The second-order valence-corrected chi connectivity index (χ2v) is 7.19. The van der Waals surface area contributed by atoms with Gasteiger partial charge in [0.15, 0.2) is 0 Å². The van der Waals surface area contributed by atoms with Crippen molar-refractivity contribution in [2.45, 2.75) is 84.3 Å². The number of likely N-dealkylation sites (N-methyl/N-ethyl adjacent to an activating group) is 1. The van der Waals surface area contributed by atoms with Crippen molar-refractivity contribution in [2.75, 3.05) is 13.6 Å². The van der Waals surface area contributed by atoms with Crippen LogP contribution in [0.1, 0.15) is 66.7 Å². The average molecular weight is 254 g/mol. The molecule has 2 heteroatoms. The summed E-state index contributed by atoms with van der Waals surface area (Å²) in [6.45, 7) is 12.6. The Labute approximate surface area is 115 Å². The highest BCUT2D eigenvalue weighted by Gasteiger charge is 2.28. The molecule has 108 valence electrons. The molecule has 3 unspecified atom stereocenters. The summed E-state index contributed by atoms with van der Waals surface area (Å²) in [5.74, 6) is 0.868. The Morgan fingerprint density at radius 1 is 1.22 bits per heavy atom. The SMILES string of the molecule is CCC(CNC(C)(C)C)N(C)C1CCCCC1C. The third kappa shape index (κ3) is 4.89. The molecule has 0 spiro atoms. The third-order valence-electron chi connectivity index (χ3n) is 4.50. The second kappa shape index (κ2) is 6.91. The minimum Gasteiger partial charge on any atom is -0.311 e. The van der Waals surface area contributed by atoms with E-state index in [0.29, 0.717) is 6.04 Å². The fourth-order valence-corrected chi connectivity index (χ4v) is 3.17. The molecule has 0 bridgehead atoms. The van der Waals surface area contributed by atoms with Gasteiger partial charge >= 0.3 is 0 Å². The molecule has 1 fully saturated rings. The zero-order valence-electron chi connectivity index (χ0n) is 13.4. The van der Waals surface area contributed by atoms with Crippen molar-refractivity contribution in [3.05, 3.63) is 0 Å². The van der Waals surface area contributed by atoms with E-state index in [1.807, 2.05) is 0 Å². The number of rotatable bonds is 5. The number of hydrogen-bond donors (Lipinski definition) is 1. The molecule has 18 heavy (non-hydrogen) atoms. The lowest BCUT2D eigenvalue weighted by Crippen LogP contribution is -2.51. The monoisotopic (exact) mass is 254 g/mol. The minimum absolute atomic E-state index is 0.229. The van der Waals surface area contributed by atoms with Gasteiger partial charge in [0.25, 0.3) is 0 Å². The van der Waals surface area contributed by atoms with Crippen molar-refractivity contribution in [2.24, 2.45) is 5.92 Å². The Hall–Kier alpha value is -0.0800. The van der Waals surface area contributed by atoms with Gasteiger partial charge in [0.1, 0.15) is 0 Å². The predicted molar refractivity (Wildman–Crippen MR) is 81.0 cm³/mol. The smallest absolute Gasteiger partial charge is 0.0218 e. The normalized spacial score (nSPS) is 27.5. The molecule has 0 aliphatic heterocycles. The predicted octanol–water partition coefficient (Wildman–Crippen LogP) is 3.66. The standard InChI is InChI=1S/C16H34N2/c1-7-14(12-17-16(3,4)5)18(6)15-11-9-8-10-13(15)2/h13-15,17H,7-12H2,1-6H3. The van der Waals surface area contributed by atoms with Crippen LogP contribution in [0.5, 0.6) is 0 Å². The molecule has 1 aliphatic carbocycles. The van der Waals surface area contributed by atoms with E-state index in [2.05, 4.69) is 51.9 Å². The van der Waals surface area contributed by atoms with E-state index in [4.69, 9.17) is 0 Å². The van der Waals surface area contributed by atoms with Gasteiger partial charge in [-0.05, 0) is 53.0 Å². The maximum absolute atomic E-state index is 3.67. The van der Waals surface area contributed by atoms with Crippen LogP contribution in [0.3, 0.4) is 0 Å². The van der Waals surface area contributed by atoms with Gasteiger partial charge in [-0.1, -0.05) is 26.7 Å². The van der Waals surface area contributed by atoms with Gasteiger partial charge in [-0.2, -0.15) is 0 Å². The van der Waals surface area contributed by atoms with Crippen LogP contribution in [0.2, 0.25) is 0 Å². The Bertz CT molecular complexity index is 232. The first-order valence-corrected chi connectivity index (χ1v) is 7.82. The Morgan fingerprint density at radius 2 is 1.83 bits per heavy atom. The van der Waals surface area contributed by atoms with Crippen LogP contribution in [-0.4, -0.2) is 36.1 Å². The van der Waals surface area contributed by atoms with Crippen molar-refractivity contribution in [3.63, 3.8) is 0 Å². The Balaban J connectivity index is 2.52. The molecule has 0 aromatic heterocycles. The highest BCUT2D eigenvalue weighted by molar-refractivity contribution is 4.85. The molecule has 1 saturated carbocycles. The number of nitrogens with zero attached hydrogens (tertiary/aromatic N) is 1. The highest BCUT2D eigenvalue weighted by atomic mass is 15.2. The summed E-state index contributed by atoms with van der Waals surface area (Å²) in [5.41, 5.74) is 0.229. The molecule has 0 aromatic rings. The summed E-state index contributed by atoms with van der Waals surface area (Å²) in [7, 11) is 2.34. The first kappa shape index (κ1) is 16.0. The lowest BCUT2D eigenvalue weighted by molar-refractivity contribution is 0.0900. The Kier molecular flexibility index (Phi) is 6.13. The fourth-order valence-electron chi connectivity index (χ4n) is 3.17. The summed E-state index contributed by atoms with van der Waals surface area (Å²) in [6, 6.07) is 1.47. The lowest BCUT2D eigenvalue weighted by atomic mass is 9.84. The van der Waals surface area contributed by atoms with Crippen molar-refractivity contribution in [3.8, 4) is 0 Å². The van der Waals surface area contributed by atoms with Gasteiger partial charge in [-0.25, -0.2) is 0 Å². The summed E-state index contributed by atoms with van der Waals surface area (Å²) >= 11 is 0. The van der Waals surface area contributed by atoms with E-state index in [9.17, 15) is 0 Å². The molecular formula is C16H34N2. The van der Waals surface area contributed by atoms with E-state index in [0.717, 1.165) is 18.5 Å². The summed E-state index contributed by atoms with van der Waals surface area (Å²) in [6.07, 6.45) is 6.90. The zero-order chi connectivity index (χ0) is 13.8. The summed E-state index contributed by atoms with van der Waals surface area (Å²) < 4.78 is 0. The lowest BCUT2D eigenvalue weighted by Gasteiger charge is -2.41. The molecule has 1 aliphatic rings. The quantitative estimate of drug-likeness (QED) is 0.805. The van der Waals surface area contributed by atoms with E-state index in [1.54, 1.807) is 0 Å². The van der Waals surface area contributed by atoms with Crippen LogP contribution >= 0.6 is 0 Å². The van der Waals surface area contributed by atoms with Gasteiger partial charge in [-0.3, -0.25) is 4.90 Å². The molecule has 1 rings (SSSR count). The van der Waals surface area contributed by atoms with Crippen LogP contribution in [0, 0.1) is 5.92 Å². The van der Waals surface area contributed by atoms with Crippen LogP contribution < -0.4 is 5.32 Å². The van der Waals surface area contributed by atoms with Crippen LogP contribution in [-0.2, 0) is 0 Å². The fraction of sp³-hybridized carbons (Fsp3) is 1.00. The van der Waals surface area contributed by atoms with E-state index < -0.39 is 0 Å². The molecule has 0 amide bonds. The van der Waals surface area contributed by atoms with Gasteiger partial charge in [-0.15, -0.1) is 0 Å². The van der Waals surface area contributed by atoms with Crippen molar-refractivity contribution in [1.29, 1.82) is 0 Å². The third-order valence-corrected chi connectivity index (χ3v) is 4.50.